The third-order valence-corrected chi connectivity index (χ3v) is 5.21. The average molecular weight is 424 g/mol. The smallest absolute Gasteiger partial charge is 0.249 e. The maximum atomic E-state index is 13.0. The van der Waals surface area contributed by atoms with Crippen LogP contribution in [0.4, 0.5) is 0 Å². The lowest BCUT2D eigenvalue weighted by Crippen LogP contribution is -2.37. The van der Waals surface area contributed by atoms with Crippen LogP contribution in [0.5, 0.6) is 0 Å². The number of aromatic nitrogens is 4. The molecule has 0 unspecified atom stereocenters. The van der Waals surface area contributed by atoms with E-state index in [9.17, 15) is 4.79 Å². The maximum absolute atomic E-state index is 13.0. The van der Waals surface area contributed by atoms with Crippen LogP contribution in [0, 0.1) is 6.92 Å². The second kappa shape index (κ2) is 8.28. The summed E-state index contributed by atoms with van der Waals surface area (Å²) < 4.78 is 7.71. The molecule has 0 fully saturated rings. The Hall–Kier alpha value is -3.19. The molecule has 4 rings (SSSR count). The van der Waals surface area contributed by atoms with E-state index in [0.29, 0.717) is 22.4 Å². The summed E-state index contributed by atoms with van der Waals surface area (Å²) in [5, 5.41) is 8.72. The van der Waals surface area contributed by atoms with Gasteiger partial charge in [-0.2, -0.15) is 0 Å². The molecule has 4 aromatic rings. The first-order chi connectivity index (χ1) is 14.4. The molecule has 3 aromatic heterocycles. The Morgan fingerprint density at radius 1 is 1.20 bits per heavy atom. The van der Waals surface area contributed by atoms with E-state index in [1.807, 2.05) is 67.9 Å². The molecule has 0 spiro atoms. The van der Waals surface area contributed by atoms with Crippen LogP contribution in [0.3, 0.4) is 0 Å². The lowest BCUT2D eigenvalue weighted by atomic mass is 10.2. The lowest BCUT2D eigenvalue weighted by molar-refractivity contribution is -0.133. The normalized spacial score (nSPS) is 11.4. The first kappa shape index (κ1) is 20.1. The first-order valence-corrected chi connectivity index (χ1v) is 10.1. The number of carbonyl (C=O) groups is 1. The molecule has 0 radical (unpaired) electrons. The van der Waals surface area contributed by atoms with Crippen molar-refractivity contribution in [2.24, 2.45) is 0 Å². The Kier molecular flexibility index (Phi) is 5.55. The highest BCUT2D eigenvalue weighted by molar-refractivity contribution is 6.33. The summed E-state index contributed by atoms with van der Waals surface area (Å²) in [6, 6.07) is 11.2. The number of hydrogen-bond acceptors (Lipinski definition) is 5. The average Bonchev–Trinajstić information content (AvgIpc) is 3.33. The molecule has 154 valence electrons. The minimum absolute atomic E-state index is 0.0352. The number of pyridine rings is 1. The van der Waals surface area contributed by atoms with Crippen molar-refractivity contribution in [2.75, 3.05) is 0 Å². The van der Waals surface area contributed by atoms with Gasteiger partial charge in [0.2, 0.25) is 17.7 Å². The van der Waals surface area contributed by atoms with E-state index in [2.05, 4.69) is 15.2 Å². The minimum atomic E-state index is -0.0523. The largest absolute Gasteiger partial charge is 0.419 e. The van der Waals surface area contributed by atoms with Gasteiger partial charge in [-0.1, -0.05) is 29.8 Å². The summed E-state index contributed by atoms with van der Waals surface area (Å²) in [6.45, 7) is 6.13. The first-order valence-electron chi connectivity index (χ1n) is 9.72. The number of rotatable bonds is 6. The van der Waals surface area contributed by atoms with Crippen LogP contribution in [-0.4, -0.2) is 36.4 Å². The number of benzene rings is 1. The van der Waals surface area contributed by atoms with Gasteiger partial charge in [0.15, 0.2) is 0 Å². The van der Waals surface area contributed by atoms with Crippen LogP contribution in [-0.2, 0) is 17.8 Å². The Labute approximate surface area is 179 Å². The van der Waals surface area contributed by atoms with Gasteiger partial charge in [-0.15, -0.1) is 10.2 Å². The molecular weight excluding hydrogens is 402 g/mol. The van der Waals surface area contributed by atoms with E-state index < -0.39 is 0 Å². The quantitative estimate of drug-likeness (QED) is 0.461. The molecule has 0 aliphatic rings. The zero-order chi connectivity index (χ0) is 21.3. The van der Waals surface area contributed by atoms with Gasteiger partial charge in [-0.05, 0) is 44.5 Å². The van der Waals surface area contributed by atoms with Crippen LogP contribution in [0.15, 0.2) is 53.2 Å². The molecule has 3 heterocycles. The third kappa shape index (κ3) is 4.07. The van der Waals surface area contributed by atoms with Crippen molar-refractivity contribution < 1.29 is 9.21 Å². The van der Waals surface area contributed by atoms with Gasteiger partial charge < -0.3 is 13.7 Å². The second-order valence-corrected chi connectivity index (χ2v) is 7.83. The van der Waals surface area contributed by atoms with Gasteiger partial charge in [-0.25, -0.2) is 4.98 Å². The molecule has 0 saturated heterocycles. The molecule has 30 heavy (non-hydrogen) atoms. The molecule has 0 saturated carbocycles. The Balaban J connectivity index is 1.52. The summed E-state index contributed by atoms with van der Waals surface area (Å²) in [4.78, 5) is 19.3. The molecule has 0 N–H and O–H groups in total. The molecular formula is C22H22ClN5O2. The van der Waals surface area contributed by atoms with Gasteiger partial charge in [0, 0.05) is 18.4 Å². The third-order valence-electron chi connectivity index (χ3n) is 4.88. The zero-order valence-electron chi connectivity index (χ0n) is 17.0. The van der Waals surface area contributed by atoms with Crippen molar-refractivity contribution in [1.29, 1.82) is 0 Å². The molecule has 8 heteroatoms. The molecule has 0 aliphatic carbocycles. The molecule has 1 aromatic carbocycles. The summed E-state index contributed by atoms with van der Waals surface area (Å²) >= 11 is 6.21. The number of imidazole rings is 1. The van der Waals surface area contributed by atoms with E-state index in [4.69, 9.17) is 16.0 Å². The Bertz CT molecular complexity index is 1200. The summed E-state index contributed by atoms with van der Waals surface area (Å²) in [5.41, 5.74) is 3.32. The van der Waals surface area contributed by atoms with Crippen molar-refractivity contribution in [3.05, 3.63) is 71.0 Å². The van der Waals surface area contributed by atoms with Crippen molar-refractivity contribution in [2.45, 2.75) is 39.8 Å². The topological polar surface area (TPSA) is 76.5 Å². The van der Waals surface area contributed by atoms with Gasteiger partial charge in [0.05, 0.1) is 29.2 Å². The minimum Gasteiger partial charge on any atom is -0.419 e. The number of halogens is 1. The van der Waals surface area contributed by atoms with Crippen LogP contribution in [0.2, 0.25) is 5.02 Å². The molecule has 0 aliphatic heterocycles. The number of fused-ring (bicyclic) bond motifs is 1. The monoisotopic (exact) mass is 423 g/mol. The fourth-order valence-electron chi connectivity index (χ4n) is 3.31. The molecule has 0 atom stereocenters. The van der Waals surface area contributed by atoms with Crippen LogP contribution in [0.25, 0.3) is 17.1 Å². The fraction of sp³-hybridized carbons (Fsp3) is 0.273. The standard InChI is InChI=1S/C22H22ClN5O2/c1-14(2)28(13-19-25-26-22(30-19)17-8-4-5-9-18(17)23)20(29)11-16-12-27-10-6-7-15(3)21(27)24-16/h4-10,12,14H,11,13H2,1-3H3. The number of carbonyl (C=O) groups excluding carboxylic acids is 1. The maximum Gasteiger partial charge on any atom is 0.249 e. The highest BCUT2D eigenvalue weighted by Gasteiger charge is 2.22. The molecule has 7 nitrogen and oxygen atoms in total. The second-order valence-electron chi connectivity index (χ2n) is 7.43. The van der Waals surface area contributed by atoms with E-state index in [0.717, 1.165) is 16.9 Å². The number of aryl methyl sites for hydroxylation is 1. The van der Waals surface area contributed by atoms with E-state index in [1.54, 1.807) is 11.0 Å². The highest BCUT2D eigenvalue weighted by Crippen LogP contribution is 2.26. The van der Waals surface area contributed by atoms with E-state index in [1.165, 1.54) is 0 Å². The Morgan fingerprint density at radius 2 is 2.00 bits per heavy atom. The lowest BCUT2D eigenvalue weighted by Gasteiger charge is -2.24. The van der Waals surface area contributed by atoms with Gasteiger partial charge in [0.25, 0.3) is 0 Å². The van der Waals surface area contributed by atoms with Crippen LogP contribution < -0.4 is 0 Å². The predicted octanol–water partition coefficient (Wildman–Crippen LogP) is 4.33. The van der Waals surface area contributed by atoms with Crippen molar-refractivity contribution >= 4 is 23.2 Å². The Morgan fingerprint density at radius 3 is 2.73 bits per heavy atom. The van der Waals surface area contributed by atoms with Gasteiger partial charge in [-0.3, -0.25) is 4.79 Å². The fourth-order valence-corrected chi connectivity index (χ4v) is 3.53. The van der Waals surface area contributed by atoms with E-state index >= 15 is 0 Å². The predicted molar refractivity (Wildman–Crippen MR) is 114 cm³/mol. The molecule has 1 amide bonds. The van der Waals surface area contributed by atoms with Crippen LogP contribution in [0.1, 0.15) is 31.0 Å². The van der Waals surface area contributed by atoms with Gasteiger partial charge in [0.1, 0.15) is 5.65 Å². The van der Waals surface area contributed by atoms with Crippen LogP contribution >= 0.6 is 11.6 Å². The number of amides is 1. The molecule has 0 bridgehead atoms. The number of nitrogens with zero attached hydrogens (tertiary/aromatic N) is 5. The van der Waals surface area contributed by atoms with Crippen molar-refractivity contribution in [3.8, 4) is 11.5 Å². The summed E-state index contributed by atoms with van der Waals surface area (Å²) in [5.74, 6) is 0.643. The van der Waals surface area contributed by atoms with Crippen molar-refractivity contribution in [3.63, 3.8) is 0 Å². The number of hydrogen-bond donors (Lipinski definition) is 0. The highest BCUT2D eigenvalue weighted by atomic mass is 35.5. The van der Waals surface area contributed by atoms with Crippen molar-refractivity contribution in [1.82, 2.24) is 24.5 Å². The summed E-state index contributed by atoms with van der Waals surface area (Å²) in [6.07, 6.45) is 4.02. The van der Waals surface area contributed by atoms with Gasteiger partial charge >= 0.3 is 0 Å². The SMILES string of the molecule is Cc1cccn2cc(CC(=O)N(Cc3nnc(-c4ccccc4Cl)o3)C(C)C)nc12. The van der Waals surface area contributed by atoms with E-state index in [-0.39, 0.29) is 24.9 Å². The summed E-state index contributed by atoms with van der Waals surface area (Å²) in [7, 11) is 0. The zero-order valence-corrected chi connectivity index (χ0v) is 17.8.